The first-order chi connectivity index (χ1) is 7.09. The van der Waals surface area contributed by atoms with Gasteiger partial charge >= 0.3 is 5.97 Å². The van der Waals surface area contributed by atoms with Crippen LogP contribution in [0.4, 0.5) is 0 Å². The molecular formula is C10H18O4S. The quantitative estimate of drug-likeness (QED) is 0.771. The molecule has 0 aromatic carbocycles. The molecule has 1 aliphatic heterocycles. The second kappa shape index (κ2) is 6.23. The Hall–Kier alpha value is -0.420. The first-order valence-corrected chi connectivity index (χ1v) is 6.64. The molecule has 1 N–H and O–H groups in total. The minimum absolute atomic E-state index is 0.00414. The first kappa shape index (κ1) is 12.6. The van der Waals surface area contributed by atoms with Crippen molar-refractivity contribution in [2.45, 2.75) is 31.4 Å². The molecule has 1 aliphatic rings. The Bertz CT molecular complexity index is 236. The highest BCUT2D eigenvalue weighted by Crippen LogP contribution is 2.17. The van der Waals surface area contributed by atoms with E-state index in [2.05, 4.69) is 0 Å². The van der Waals surface area contributed by atoms with E-state index in [9.17, 15) is 9.00 Å². The Morgan fingerprint density at radius 2 is 2.13 bits per heavy atom. The molecule has 1 rings (SSSR count). The number of carboxylic acid groups (broad SMARTS) is 1. The maximum atomic E-state index is 11.8. The highest BCUT2D eigenvalue weighted by molar-refractivity contribution is 7.85. The molecule has 4 nitrogen and oxygen atoms in total. The van der Waals surface area contributed by atoms with E-state index in [0.29, 0.717) is 11.7 Å². The standard InChI is InChI=1S/C10H18O4S/c1-8(6-10(11)12)15(13)7-9-2-4-14-5-3-9/h8-9H,2-7H2,1H3,(H,11,12). The molecule has 0 spiro atoms. The molecule has 0 aliphatic carbocycles. The van der Waals surface area contributed by atoms with Crippen molar-refractivity contribution in [3.63, 3.8) is 0 Å². The van der Waals surface area contributed by atoms with Crippen LogP contribution >= 0.6 is 0 Å². The molecular weight excluding hydrogens is 216 g/mol. The Labute approximate surface area is 92.5 Å². The Balaban J connectivity index is 2.30. The minimum atomic E-state index is -1.02. The molecule has 1 heterocycles. The highest BCUT2D eigenvalue weighted by atomic mass is 32.2. The Morgan fingerprint density at radius 3 is 2.67 bits per heavy atom. The number of hydrogen-bond donors (Lipinski definition) is 1. The van der Waals surface area contributed by atoms with Gasteiger partial charge in [-0.15, -0.1) is 0 Å². The molecule has 0 radical (unpaired) electrons. The SMILES string of the molecule is CC(CC(=O)O)S(=O)CC1CCOCC1. The summed E-state index contributed by atoms with van der Waals surface area (Å²) in [5, 5.41) is 8.34. The van der Waals surface area contributed by atoms with Gasteiger partial charge in [0.1, 0.15) is 0 Å². The Kier molecular flexibility index (Phi) is 5.25. The molecule has 5 heteroatoms. The van der Waals surface area contributed by atoms with Gasteiger partial charge in [-0.25, -0.2) is 0 Å². The van der Waals surface area contributed by atoms with Gasteiger partial charge in [0, 0.05) is 35.0 Å². The zero-order valence-corrected chi connectivity index (χ0v) is 9.79. The average molecular weight is 234 g/mol. The van der Waals surface area contributed by atoms with Crippen molar-refractivity contribution >= 4 is 16.8 Å². The third kappa shape index (κ3) is 4.75. The zero-order chi connectivity index (χ0) is 11.3. The van der Waals surface area contributed by atoms with Crippen LogP contribution in [0.2, 0.25) is 0 Å². The highest BCUT2D eigenvalue weighted by Gasteiger charge is 2.21. The Morgan fingerprint density at radius 1 is 1.53 bits per heavy atom. The van der Waals surface area contributed by atoms with Gasteiger partial charge < -0.3 is 9.84 Å². The van der Waals surface area contributed by atoms with E-state index in [4.69, 9.17) is 9.84 Å². The number of aliphatic carboxylic acids is 1. The van der Waals surface area contributed by atoms with Gasteiger partial charge in [-0.3, -0.25) is 9.00 Å². The molecule has 1 fully saturated rings. The smallest absolute Gasteiger partial charge is 0.304 e. The average Bonchev–Trinajstić information content (AvgIpc) is 2.18. The summed E-state index contributed by atoms with van der Waals surface area (Å²) in [7, 11) is -1.02. The molecule has 0 bridgehead atoms. The van der Waals surface area contributed by atoms with Crippen LogP contribution in [0.5, 0.6) is 0 Å². The molecule has 0 aromatic rings. The van der Waals surface area contributed by atoms with Crippen molar-refractivity contribution in [3.05, 3.63) is 0 Å². The van der Waals surface area contributed by atoms with Crippen molar-refractivity contribution in [1.29, 1.82) is 0 Å². The van der Waals surface area contributed by atoms with Crippen molar-refractivity contribution < 1.29 is 18.8 Å². The number of carboxylic acids is 1. The van der Waals surface area contributed by atoms with Crippen LogP contribution in [0, 0.1) is 5.92 Å². The van der Waals surface area contributed by atoms with E-state index in [-0.39, 0.29) is 11.7 Å². The van der Waals surface area contributed by atoms with Gasteiger partial charge in [0.15, 0.2) is 0 Å². The lowest BCUT2D eigenvalue weighted by Crippen LogP contribution is -2.26. The number of carbonyl (C=O) groups is 1. The fourth-order valence-corrected chi connectivity index (χ4v) is 3.10. The van der Waals surface area contributed by atoms with E-state index >= 15 is 0 Å². The fraction of sp³-hybridized carbons (Fsp3) is 0.900. The van der Waals surface area contributed by atoms with Crippen LogP contribution in [0.3, 0.4) is 0 Å². The summed E-state index contributed by atoms with van der Waals surface area (Å²) in [4.78, 5) is 10.5. The van der Waals surface area contributed by atoms with Gasteiger partial charge in [-0.05, 0) is 18.8 Å². The summed E-state index contributed by atoms with van der Waals surface area (Å²) in [6, 6.07) is 0. The number of rotatable bonds is 5. The van der Waals surface area contributed by atoms with Gasteiger partial charge in [0.25, 0.3) is 0 Å². The third-order valence-electron chi connectivity index (χ3n) is 2.65. The summed E-state index contributed by atoms with van der Waals surface area (Å²) in [6.07, 6.45) is 1.90. The topological polar surface area (TPSA) is 63.6 Å². The number of ether oxygens (including phenoxy) is 1. The summed E-state index contributed by atoms with van der Waals surface area (Å²) in [5.41, 5.74) is 0. The zero-order valence-electron chi connectivity index (χ0n) is 8.98. The van der Waals surface area contributed by atoms with Gasteiger partial charge in [-0.1, -0.05) is 6.92 Å². The van der Waals surface area contributed by atoms with E-state index in [0.717, 1.165) is 26.1 Å². The lowest BCUT2D eigenvalue weighted by Gasteiger charge is -2.22. The van der Waals surface area contributed by atoms with E-state index in [1.165, 1.54) is 0 Å². The summed E-state index contributed by atoms with van der Waals surface area (Å²) in [5.74, 6) is 0.191. The minimum Gasteiger partial charge on any atom is -0.481 e. The van der Waals surface area contributed by atoms with Gasteiger partial charge in [0.2, 0.25) is 0 Å². The maximum absolute atomic E-state index is 11.8. The molecule has 88 valence electrons. The second-order valence-electron chi connectivity index (χ2n) is 4.01. The first-order valence-electron chi connectivity index (χ1n) is 5.26. The molecule has 1 saturated heterocycles. The fourth-order valence-electron chi connectivity index (χ4n) is 1.65. The van der Waals surface area contributed by atoms with Crippen LogP contribution in [-0.2, 0) is 20.3 Å². The molecule has 0 amide bonds. The molecule has 2 atom stereocenters. The van der Waals surface area contributed by atoms with Crippen molar-refractivity contribution in [2.75, 3.05) is 19.0 Å². The largest absolute Gasteiger partial charge is 0.481 e. The second-order valence-corrected chi connectivity index (χ2v) is 5.91. The van der Waals surface area contributed by atoms with Gasteiger partial charge in [0.05, 0.1) is 6.42 Å². The molecule has 2 unspecified atom stereocenters. The molecule has 15 heavy (non-hydrogen) atoms. The number of hydrogen-bond acceptors (Lipinski definition) is 3. The summed E-state index contributed by atoms with van der Waals surface area (Å²) >= 11 is 0. The van der Waals surface area contributed by atoms with Crippen LogP contribution in [-0.4, -0.2) is 39.5 Å². The van der Waals surface area contributed by atoms with Gasteiger partial charge in [-0.2, -0.15) is 0 Å². The lowest BCUT2D eigenvalue weighted by atomic mass is 10.0. The summed E-state index contributed by atoms with van der Waals surface area (Å²) in [6.45, 7) is 3.23. The predicted octanol–water partition coefficient (Wildman–Crippen LogP) is 1.02. The van der Waals surface area contributed by atoms with Crippen LogP contribution in [0.1, 0.15) is 26.2 Å². The van der Waals surface area contributed by atoms with Crippen LogP contribution in [0.15, 0.2) is 0 Å². The van der Waals surface area contributed by atoms with E-state index in [1.54, 1.807) is 6.92 Å². The van der Waals surface area contributed by atoms with Crippen molar-refractivity contribution in [1.82, 2.24) is 0 Å². The molecule has 0 aromatic heterocycles. The van der Waals surface area contributed by atoms with Crippen molar-refractivity contribution in [2.24, 2.45) is 5.92 Å². The van der Waals surface area contributed by atoms with Crippen LogP contribution < -0.4 is 0 Å². The maximum Gasteiger partial charge on any atom is 0.304 e. The lowest BCUT2D eigenvalue weighted by molar-refractivity contribution is -0.136. The summed E-state index contributed by atoms with van der Waals surface area (Å²) < 4.78 is 17.0. The normalized spacial score (nSPS) is 22.2. The van der Waals surface area contributed by atoms with E-state index < -0.39 is 16.8 Å². The third-order valence-corrected chi connectivity index (χ3v) is 4.52. The predicted molar refractivity (Wildman–Crippen MR) is 58.3 cm³/mol. The monoisotopic (exact) mass is 234 g/mol. The van der Waals surface area contributed by atoms with Crippen molar-refractivity contribution in [3.8, 4) is 0 Å². The molecule has 0 saturated carbocycles. The van der Waals surface area contributed by atoms with Crippen LogP contribution in [0.25, 0.3) is 0 Å². The van der Waals surface area contributed by atoms with E-state index in [1.807, 2.05) is 0 Å².